The van der Waals surface area contributed by atoms with Crippen LogP contribution < -0.4 is 0 Å². The molecule has 135 heavy (non-hydrogen) atoms. The molecule has 0 unspecified atom stereocenters. The maximum atomic E-state index is 9.96. The van der Waals surface area contributed by atoms with E-state index < -0.39 is 21.2 Å². The molecule has 2 aliphatic heterocycles. The highest BCUT2D eigenvalue weighted by Crippen LogP contribution is 2.58. The van der Waals surface area contributed by atoms with E-state index in [1.807, 2.05) is 55.4 Å². The van der Waals surface area contributed by atoms with Gasteiger partial charge in [-0.15, -0.1) is 23.2 Å². The van der Waals surface area contributed by atoms with Crippen LogP contribution in [0.5, 0.6) is 0 Å². The second-order valence-corrected chi connectivity index (χ2v) is 44.4. The van der Waals surface area contributed by atoms with Crippen molar-refractivity contribution in [2.75, 3.05) is 12.5 Å². The van der Waals surface area contributed by atoms with E-state index in [-0.39, 0.29) is 56.8 Å². The number of rotatable bonds is 5. The van der Waals surface area contributed by atoms with Gasteiger partial charge in [0.2, 0.25) is 0 Å². The third kappa shape index (κ3) is 14.5. The molecule has 0 saturated carbocycles. The Morgan fingerprint density at radius 2 is 0.444 bits per heavy atom. The minimum atomic E-state index is -1.00. The van der Waals surface area contributed by atoms with Crippen LogP contribution in [0.4, 0.5) is 4.39 Å². The first-order valence-corrected chi connectivity index (χ1v) is 49.8. The van der Waals surface area contributed by atoms with Gasteiger partial charge in [-0.1, -0.05) is 378 Å². The smallest absolute Gasteiger partial charge is 0.405 e. The van der Waals surface area contributed by atoms with Gasteiger partial charge in [0.15, 0.2) is 0 Å². The highest BCUT2D eigenvalue weighted by atomic mass is 79.9. The zero-order valence-corrected chi connectivity index (χ0v) is 84.7. The molecule has 26 rings (SSSR count). The zero-order valence-electron chi connectivity index (χ0n) is 79.4. The molecule has 0 atom stereocenters. The largest absolute Gasteiger partial charge is 0.488 e. The zero-order chi connectivity index (χ0) is 94.4. The Bertz CT molecular complexity index is 7890. The molecule has 0 bridgehead atoms. The Hall–Kier alpha value is -10.6. The lowest BCUT2D eigenvalue weighted by Crippen LogP contribution is -2.41. The van der Waals surface area contributed by atoms with E-state index in [0.717, 1.165) is 13.4 Å². The molecule has 4 aliphatic carbocycles. The van der Waals surface area contributed by atoms with Crippen LogP contribution >= 0.6 is 71.0 Å². The molecular formula is C123H108B2Br3Cl2FO4. The first-order valence-electron chi connectivity index (χ1n) is 47.0. The number of benzene rings is 20. The Labute approximate surface area is 830 Å². The van der Waals surface area contributed by atoms with Gasteiger partial charge < -0.3 is 18.6 Å². The van der Waals surface area contributed by atoms with Crippen LogP contribution in [0.15, 0.2) is 323 Å². The van der Waals surface area contributed by atoms with E-state index in [2.05, 4.69) is 413 Å². The number of alkyl halides is 3. The molecule has 2 fully saturated rings. The van der Waals surface area contributed by atoms with Crippen LogP contribution in [0, 0.1) is 0 Å². The first-order chi connectivity index (χ1) is 64.5. The molecule has 0 N–H and O–H groups in total. The number of hydrogen-bond acceptors (Lipinski definition) is 4. The standard InChI is InChI=1S/C46H33Br.C46H34.C16H8Br2.C12H24B2O4.CH2Cl2.CH3F.CH4/c1-45(2)38-11-7-5-9-30(38)32-18-15-27(23-40(32)45)29-17-13-26-14-20-35-37(25-42(47)36-22-21-34(29)43(26)44(35)36)28-16-19-33-31-10-6-8-12-39(31)46(3,4)41(33)24-28;1-45(2)39-11-7-5-9-33(39)35-21-17-29(25-41(35)45)31-19-13-27-16-24-38-32(20-14-28-15-23-37(31)43(27)44(28)38)30-18-22-36-34-10-6-8-12-40(34)46(3,4)42(36)26-30;17-13-8-4-10-2-6-12-14(18)7-3-9-1-5-11(13)16(10)15(9)12;1-9(2)10(3,4)16-13(15-9)14-17-11(5,6)12(7,8)18-14;2-1-3;1-2;/h5-25H,1-4H3;5-26H,1-4H3;1-8H;1-8H3;1H2;1H3;1H4/i;;;;;1D;. The summed E-state index contributed by atoms with van der Waals surface area (Å²) < 4.78 is 42.8. The van der Waals surface area contributed by atoms with Crippen LogP contribution in [0.3, 0.4) is 0 Å². The van der Waals surface area contributed by atoms with Gasteiger partial charge in [-0.05, 0) is 328 Å². The van der Waals surface area contributed by atoms with Crippen molar-refractivity contribution in [2.24, 2.45) is 0 Å². The predicted molar refractivity (Wildman–Crippen MR) is 588 cm³/mol. The molecule has 6 aliphatic rings. The predicted octanol–water partition coefficient (Wildman–Crippen LogP) is 36.8. The molecule has 20 aromatic rings. The molecule has 0 spiro atoms. The molecular weight excluding hydrogens is 1890 g/mol. The maximum absolute atomic E-state index is 9.96. The maximum Gasteiger partial charge on any atom is 0.488 e. The molecule has 2 heterocycles. The minimum Gasteiger partial charge on any atom is -0.405 e. The molecule has 4 nitrogen and oxygen atoms in total. The molecule has 0 radical (unpaired) electrons. The van der Waals surface area contributed by atoms with Gasteiger partial charge in [-0.3, -0.25) is 4.39 Å². The average Bonchev–Trinajstić information content (AvgIpc) is 0.768. The molecule has 672 valence electrons. The van der Waals surface area contributed by atoms with E-state index in [4.69, 9.17) is 43.2 Å². The fourth-order valence-corrected chi connectivity index (χ4v) is 24.4. The van der Waals surface area contributed by atoms with Crippen LogP contribution in [-0.4, -0.2) is 48.9 Å². The molecule has 0 amide bonds. The van der Waals surface area contributed by atoms with Gasteiger partial charge in [0.25, 0.3) is 0 Å². The monoisotopic (exact) mass is 2000 g/mol. The van der Waals surface area contributed by atoms with Crippen molar-refractivity contribution in [3.8, 4) is 89.0 Å². The van der Waals surface area contributed by atoms with Crippen LogP contribution in [-0.2, 0) is 40.3 Å². The first kappa shape index (κ1) is 90.9. The van der Waals surface area contributed by atoms with Crippen molar-refractivity contribution >= 4 is 182 Å². The van der Waals surface area contributed by atoms with Crippen LogP contribution in [0.2, 0.25) is 0 Å². The summed E-state index contributed by atoms with van der Waals surface area (Å²) >= 11 is 20.8. The lowest BCUT2D eigenvalue weighted by atomic mass is 9.49. The Morgan fingerprint density at radius 1 is 0.244 bits per heavy atom. The Balaban J connectivity index is 0.000000119. The van der Waals surface area contributed by atoms with Crippen molar-refractivity contribution in [1.29, 1.82) is 0 Å². The summed E-state index contributed by atoms with van der Waals surface area (Å²) in [6, 6.07) is 116. The summed E-state index contributed by atoms with van der Waals surface area (Å²) in [5.74, 6) is 0. The van der Waals surface area contributed by atoms with E-state index >= 15 is 0 Å². The number of hydrogen-bond donors (Lipinski definition) is 0. The normalized spacial score (nSPS) is 16.7. The Kier molecular flexibility index (Phi) is 22.7. The van der Waals surface area contributed by atoms with Gasteiger partial charge in [0.05, 0.1) is 36.3 Å². The third-order valence-corrected chi connectivity index (χ3v) is 33.3. The Morgan fingerprint density at radius 3 is 0.741 bits per heavy atom. The second kappa shape index (κ2) is 33.7. The minimum absolute atomic E-state index is 0. The van der Waals surface area contributed by atoms with Crippen molar-refractivity contribution in [1.82, 2.24) is 0 Å². The molecule has 20 aromatic carbocycles. The van der Waals surface area contributed by atoms with Crippen molar-refractivity contribution in [2.45, 2.75) is 162 Å². The summed E-state index contributed by atoms with van der Waals surface area (Å²) in [5, 5.41) is 23.9. The summed E-state index contributed by atoms with van der Waals surface area (Å²) in [6.45, 7) is 35.1. The highest BCUT2D eigenvalue weighted by molar-refractivity contribution is 9.11. The highest BCUT2D eigenvalue weighted by Gasteiger charge is 2.64. The third-order valence-electron chi connectivity index (χ3n) is 31.3. The lowest BCUT2D eigenvalue weighted by Gasteiger charge is -2.32. The lowest BCUT2D eigenvalue weighted by molar-refractivity contribution is 0.00578. The van der Waals surface area contributed by atoms with E-state index in [0.29, 0.717) is 0 Å². The second-order valence-electron chi connectivity index (χ2n) is 41.0. The van der Waals surface area contributed by atoms with Gasteiger partial charge in [-0.2, -0.15) is 0 Å². The quantitative estimate of drug-likeness (QED) is 0.0978. The summed E-state index contributed by atoms with van der Waals surface area (Å²) in [7, 11) is -1.95. The van der Waals surface area contributed by atoms with Crippen LogP contribution in [0.1, 0.15) is 164 Å². The van der Waals surface area contributed by atoms with E-state index in [1.54, 1.807) is 0 Å². The van der Waals surface area contributed by atoms with Crippen molar-refractivity contribution < 1.29 is 24.4 Å². The summed E-state index contributed by atoms with van der Waals surface area (Å²) in [6.07, 6.45) is 0. The molecule has 2 saturated heterocycles. The number of halogens is 6. The fraction of sp³-hybridized carbons (Fsp3) is 0.220. The number of fused-ring (bicyclic) bond motifs is 12. The fourth-order valence-electron chi connectivity index (χ4n) is 22.9. The SMILES string of the molecule is Brc1ccc2ccc3c(Br)ccc4ccc1c2c43.C.CC1(C)OB(B2OC(C)(C)C(C)(C)O2)OC1(C)C.CC1(C)c2ccccc2-c2ccc(-c3ccc4ccc5c(-c6ccc7c(c6)C(C)(C)c6ccccc6-7)cc(Br)c6ccc3c4c65)cc21.CC1(C)c2ccccc2-c2ccc(-c3ccc4ccc5c(-c6ccc7c(c6)C(C)(C)c6ccccc6-7)ccc6ccc3c4c65)cc21.ClCCl.[2H]CF. The van der Waals surface area contributed by atoms with Crippen LogP contribution in [0.25, 0.3) is 186 Å². The van der Waals surface area contributed by atoms with Gasteiger partial charge in [0, 0.05) is 35.1 Å². The summed E-state index contributed by atoms with van der Waals surface area (Å²) in [4.78, 5) is 0. The average molecular weight is 2000 g/mol. The van der Waals surface area contributed by atoms with Gasteiger partial charge >= 0.3 is 14.0 Å². The topological polar surface area (TPSA) is 36.9 Å². The van der Waals surface area contributed by atoms with E-state index in [9.17, 15) is 4.39 Å². The van der Waals surface area contributed by atoms with Crippen molar-refractivity contribution in [3.05, 3.63) is 367 Å². The molecule has 0 aromatic heterocycles. The van der Waals surface area contributed by atoms with E-state index in [1.165, 1.54) is 230 Å². The summed E-state index contributed by atoms with van der Waals surface area (Å²) in [5.41, 5.74) is 31.0. The van der Waals surface area contributed by atoms with Gasteiger partial charge in [-0.25, -0.2) is 0 Å². The molecule has 12 heteroatoms. The van der Waals surface area contributed by atoms with Gasteiger partial charge in [0.1, 0.15) is 0 Å². The van der Waals surface area contributed by atoms with Crippen molar-refractivity contribution in [3.63, 3.8) is 0 Å².